The van der Waals surface area contributed by atoms with Crippen LogP contribution in [0.25, 0.3) is 22.3 Å². The number of benzene rings is 2. The quantitative estimate of drug-likeness (QED) is 0.556. The Kier molecular flexibility index (Phi) is 3.51. The minimum Gasteiger partial charge on any atom is -0.506 e. The molecule has 0 saturated heterocycles. The summed E-state index contributed by atoms with van der Waals surface area (Å²) < 4.78 is 0. The molecule has 2 N–H and O–H groups in total. The molecule has 116 valence electrons. The maximum Gasteiger partial charge on any atom is 0.163 e. The largest absolute Gasteiger partial charge is 0.506 e. The molecule has 0 aliphatic carbocycles. The Balaban J connectivity index is 1.88. The van der Waals surface area contributed by atoms with Gasteiger partial charge >= 0.3 is 0 Å². The molecule has 0 aliphatic heterocycles. The third-order valence-corrected chi connectivity index (χ3v) is 3.68. The van der Waals surface area contributed by atoms with Crippen molar-refractivity contribution in [2.75, 3.05) is 5.32 Å². The first-order valence-electron chi connectivity index (χ1n) is 7.53. The van der Waals surface area contributed by atoms with Crippen molar-refractivity contribution >= 4 is 22.4 Å². The fourth-order valence-corrected chi connectivity index (χ4v) is 2.50. The van der Waals surface area contributed by atoms with E-state index in [9.17, 15) is 5.11 Å². The van der Waals surface area contributed by atoms with Crippen molar-refractivity contribution in [1.82, 2.24) is 15.0 Å². The molecule has 5 heteroatoms. The van der Waals surface area contributed by atoms with Crippen LogP contribution in [0.3, 0.4) is 0 Å². The lowest BCUT2D eigenvalue weighted by atomic mass is 10.2. The predicted octanol–water partition coefficient (Wildman–Crippen LogP) is 4.14. The lowest BCUT2D eigenvalue weighted by Crippen LogP contribution is -1.99. The highest BCUT2D eigenvalue weighted by Crippen LogP contribution is 2.30. The molecule has 0 aliphatic rings. The van der Waals surface area contributed by atoms with E-state index in [-0.39, 0.29) is 5.75 Å². The highest BCUT2D eigenvalue weighted by Gasteiger charge is 2.10. The van der Waals surface area contributed by atoms with Gasteiger partial charge in [-0.05, 0) is 36.4 Å². The lowest BCUT2D eigenvalue weighted by molar-refractivity contribution is 0.478. The van der Waals surface area contributed by atoms with Crippen LogP contribution in [0.15, 0.2) is 73.1 Å². The topological polar surface area (TPSA) is 70.9 Å². The van der Waals surface area contributed by atoms with E-state index in [1.54, 1.807) is 30.6 Å². The van der Waals surface area contributed by atoms with E-state index in [0.29, 0.717) is 17.3 Å². The number of rotatable bonds is 3. The number of hydrogen-bond acceptors (Lipinski definition) is 5. The second kappa shape index (κ2) is 5.96. The number of nitrogens with zero attached hydrogens (tertiary/aromatic N) is 3. The summed E-state index contributed by atoms with van der Waals surface area (Å²) in [5.41, 5.74) is 2.26. The lowest BCUT2D eigenvalue weighted by Gasteiger charge is -2.12. The highest BCUT2D eigenvalue weighted by molar-refractivity contribution is 5.92. The van der Waals surface area contributed by atoms with Crippen molar-refractivity contribution in [2.24, 2.45) is 0 Å². The van der Waals surface area contributed by atoms with Crippen LogP contribution in [-0.4, -0.2) is 20.1 Å². The molecule has 24 heavy (non-hydrogen) atoms. The molecule has 0 radical (unpaired) electrons. The summed E-state index contributed by atoms with van der Waals surface area (Å²) in [7, 11) is 0. The maximum atomic E-state index is 10.0. The molecule has 4 aromatic rings. The minimum absolute atomic E-state index is 0.170. The Labute approximate surface area is 138 Å². The van der Waals surface area contributed by atoms with E-state index in [1.807, 2.05) is 42.5 Å². The molecule has 2 aromatic carbocycles. The van der Waals surface area contributed by atoms with Crippen molar-refractivity contribution in [1.29, 1.82) is 0 Å². The SMILES string of the molecule is Oc1ccccc1Nc1nc(-c2cccnc2)nc2ccccc12. The summed E-state index contributed by atoms with van der Waals surface area (Å²) in [6.45, 7) is 0. The van der Waals surface area contributed by atoms with Gasteiger partial charge in [0.15, 0.2) is 5.82 Å². The van der Waals surface area contributed by atoms with Crippen molar-refractivity contribution in [3.8, 4) is 17.1 Å². The van der Waals surface area contributed by atoms with Crippen LogP contribution in [0.5, 0.6) is 5.75 Å². The van der Waals surface area contributed by atoms with Gasteiger partial charge in [0, 0.05) is 23.3 Å². The highest BCUT2D eigenvalue weighted by atomic mass is 16.3. The van der Waals surface area contributed by atoms with Crippen LogP contribution in [0.4, 0.5) is 11.5 Å². The molecule has 2 heterocycles. The van der Waals surface area contributed by atoms with Crippen LogP contribution in [0.1, 0.15) is 0 Å². The molecule has 0 spiro atoms. The van der Waals surface area contributed by atoms with E-state index in [1.165, 1.54) is 0 Å². The Morgan fingerprint density at radius 1 is 0.833 bits per heavy atom. The number of pyridine rings is 1. The molecule has 0 amide bonds. The zero-order valence-corrected chi connectivity index (χ0v) is 12.7. The smallest absolute Gasteiger partial charge is 0.163 e. The molecule has 0 fully saturated rings. The molecular weight excluding hydrogens is 300 g/mol. The summed E-state index contributed by atoms with van der Waals surface area (Å²) in [5, 5.41) is 14.1. The second-order valence-electron chi connectivity index (χ2n) is 5.30. The van der Waals surface area contributed by atoms with Crippen LogP contribution in [0, 0.1) is 0 Å². The average molecular weight is 314 g/mol. The zero-order chi connectivity index (χ0) is 16.4. The number of nitrogens with one attached hydrogen (secondary N) is 1. The Hall–Kier alpha value is -3.47. The van der Waals surface area contributed by atoms with Gasteiger partial charge in [0.25, 0.3) is 0 Å². The molecule has 0 atom stereocenters. The first-order valence-corrected chi connectivity index (χ1v) is 7.53. The minimum atomic E-state index is 0.170. The molecule has 4 rings (SSSR count). The first-order chi connectivity index (χ1) is 11.8. The number of fused-ring (bicyclic) bond motifs is 1. The van der Waals surface area contributed by atoms with Crippen molar-refractivity contribution in [2.45, 2.75) is 0 Å². The van der Waals surface area contributed by atoms with Gasteiger partial charge in [-0.1, -0.05) is 24.3 Å². The van der Waals surface area contributed by atoms with Gasteiger partial charge in [0.2, 0.25) is 0 Å². The number of anilines is 2. The van der Waals surface area contributed by atoms with Gasteiger partial charge in [0.05, 0.1) is 11.2 Å². The van der Waals surface area contributed by atoms with Crippen molar-refractivity contribution in [3.63, 3.8) is 0 Å². The van der Waals surface area contributed by atoms with E-state index in [4.69, 9.17) is 0 Å². The number of phenolic OH excluding ortho intramolecular Hbond substituents is 1. The fourth-order valence-electron chi connectivity index (χ4n) is 2.50. The van der Waals surface area contributed by atoms with Gasteiger partial charge < -0.3 is 10.4 Å². The summed E-state index contributed by atoms with van der Waals surface area (Å²) in [6.07, 6.45) is 3.44. The molecular formula is C19H14N4O. The van der Waals surface area contributed by atoms with Gasteiger partial charge in [-0.15, -0.1) is 0 Å². The van der Waals surface area contributed by atoms with Crippen molar-refractivity contribution < 1.29 is 5.11 Å². The number of aromatic nitrogens is 3. The monoisotopic (exact) mass is 314 g/mol. The summed E-state index contributed by atoms with van der Waals surface area (Å²) in [4.78, 5) is 13.4. The Morgan fingerprint density at radius 3 is 2.50 bits per heavy atom. The first kappa shape index (κ1) is 14.1. The third-order valence-electron chi connectivity index (χ3n) is 3.68. The van der Waals surface area contributed by atoms with Gasteiger partial charge in [-0.25, -0.2) is 9.97 Å². The molecule has 0 unspecified atom stereocenters. The number of phenols is 1. The van der Waals surface area contributed by atoms with E-state index >= 15 is 0 Å². The summed E-state index contributed by atoms with van der Waals surface area (Å²) in [6, 6.07) is 18.6. The number of hydrogen-bond donors (Lipinski definition) is 2. The van der Waals surface area contributed by atoms with Crippen LogP contribution in [-0.2, 0) is 0 Å². The van der Waals surface area contributed by atoms with Crippen LogP contribution in [0.2, 0.25) is 0 Å². The summed E-state index contributed by atoms with van der Waals surface area (Å²) in [5.74, 6) is 1.39. The molecule has 0 saturated carbocycles. The molecule has 2 aromatic heterocycles. The normalized spacial score (nSPS) is 10.7. The zero-order valence-electron chi connectivity index (χ0n) is 12.7. The predicted molar refractivity (Wildman–Crippen MR) is 94.2 cm³/mol. The van der Waals surface area contributed by atoms with Gasteiger partial charge in [-0.3, -0.25) is 4.98 Å². The summed E-state index contributed by atoms with van der Waals surface area (Å²) >= 11 is 0. The van der Waals surface area contributed by atoms with E-state index in [0.717, 1.165) is 16.5 Å². The third kappa shape index (κ3) is 2.63. The van der Waals surface area contributed by atoms with Gasteiger partial charge in [0.1, 0.15) is 11.6 Å². The Morgan fingerprint density at radius 2 is 1.67 bits per heavy atom. The maximum absolute atomic E-state index is 10.0. The standard InChI is InChI=1S/C19H14N4O/c24-17-10-4-3-9-16(17)22-19-14-7-1-2-8-15(14)21-18(23-19)13-6-5-11-20-12-13/h1-12,24H,(H,21,22,23). The van der Waals surface area contributed by atoms with Gasteiger partial charge in [-0.2, -0.15) is 0 Å². The average Bonchev–Trinajstić information content (AvgIpc) is 2.64. The van der Waals surface area contributed by atoms with Crippen LogP contribution < -0.4 is 5.32 Å². The van der Waals surface area contributed by atoms with Crippen LogP contribution >= 0.6 is 0 Å². The van der Waals surface area contributed by atoms with E-state index < -0.39 is 0 Å². The molecule has 0 bridgehead atoms. The van der Waals surface area contributed by atoms with Crippen molar-refractivity contribution in [3.05, 3.63) is 73.1 Å². The molecule has 5 nitrogen and oxygen atoms in total. The Bertz CT molecular complexity index is 1000. The number of aromatic hydroxyl groups is 1. The number of para-hydroxylation sites is 3. The fraction of sp³-hybridized carbons (Fsp3) is 0. The second-order valence-corrected chi connectivity index (χ2v) is 5.30. The van der Waals surface area contributed by atoms with E-state index in [2.05, 4.69) is 20.3 Å².